The van der Waals surface area contributed by atoms with Gasteiger partial charge in [0.15, 0.2) is 0 Å². The van der Waals surface area contributed by atoms with Crippen LogP contribution in [0.1, 0.15) is 29.8 Å². The van der Waals surface area contributed by atoms with E-state index in [9.17, 15) is 4.79 Å². The van der Waals surface area contributed by atoms with Crippen molar-refractivity contribution in [1.82, 2.24) is 15.1 Å². The molecule has 0 atom stereocenters. The SMILES string of the molecule is Cn1ncc(C(=O)NCC(C)(C)c2ccccc2)c1N. The van der Waals surface area contributed by atoms with Gasteiger partial charge in [-0.1, -0.05) is 44.2 Å². The quantitative estimate of drug-likeness (QED) is 0.890. The summed E-state index contributed by atoms with van der Waals surface area (Å²) in [6.45, 7) is 4.72. The van der Waals surface area contributed by atoms with Crippen LogP contribution in [0.15, 0.2) is 36.5 Å². The van der Waals surface area contributed by atoms with Crippen molar-refractivity contribution in [3.63, 3.8) is 0 Å². The zero-order chi connectivity index (χ0) is 14.8. The predicted molar refractivity (Wildman–Crippen MR) is 79.4 cm³/mol. The van der Waals surface area contributed by atoms with Crippen molar-refractivity contribution in [1.29, 1.82) is 0 Å². The van der Waals surface area contributed by atoms with Crippen LogP contribution in [-0.2, 0) is 12.5 Å². The van der Waals surface area contributed by atoms with Crippen LogP contribution in [0.25, 0.3) is 0 Å². The summed E-state index contributed by atoms with van der Waals surface area (Å²) >= 11 is 0. The van der Waals surface area contributed by atoms with Crippen molar-refractivity contribution in [2.75, 3.05) is 12.3 Å². The summed E-state index contributed by atoms with van der Waals surface area (Å²) in [7, 11) is 1.71. The number of hydrogen-bond acceptors (Lipinski definition) is 3. The minimum absolute atomic E-state index is 0.145. The van der Waals surface area contributed by atoms with E-state index in [2.05, 4.69) is 36.4 Å². The Kier molecular flexibility index (Phi) is 3.79. The maximum absolute atomic E-state index is 12.1. The van der Waals surface area contributed by atoms with Crippen LogP contribution in [0.2, 0.25) is 0 Å². The molecule has 1 aromatic heterocycles. The number of nitrogens with zero attached hydrogens (tertiary/aromatic N) is 2. The molecule has 0 aliphatic carbocycles. The van der Waals surface area contributed by atoms with Gasteiger partial charge in [-0.05, 0) is 5.56 Å². The van der Waals surface area contributed by atoms with Crippen molar-refractivity contribution in [2.24, 2.45) is 7.05 Å². The topological polar surface area (TPSA) is 72.9 Å². The molecule has 1 amide bonds. The molecule has 2 aromatic rings. The lowest BCUT2D eigenvalue weighted by Crippen LogP contribution is -2.36. The van der Waals surface area contributed by atoms with Crippen LogP contribution in [-0.4, -0.2) is 22.2 Å². The smallest absolute Gasteiger partial charge is 0.256 e. The molecule has 0 fully saturated rings. The van der Waals surface area contributed by atoms with Gasteiger partial charge in [-0.25, -0.2) is 0 Å². The Morgan fingerprint density at radius 1 is 1.35 bits per heavy atom. The largest absolute Gasteiger partial charge is 0.383 e. The molecule has 0 radical (unpaired) electrons. The van der Waals surface area contributed by atoms with E-state index in [-0.39, 0.29) is 11.3 Å². The Morgan fingerprint density at radius 3 is 2.55 bits per heavy atom. The number of rotatable bonds is 4. The van der Waals surface area contributed by atoms with Crippen molar-refractivity contribution in [3.8, 4) is 0 Å². The van der Waals surface area contributed by atoms with Crippen LogP contribution in [0.5, 0.6) is 0 Å². The molecule has 0 saturated carbocycles. The molecule has 5 nitrogen and oxygen atoms in total. The summed E-state index contributed by atoms with van der Waals surface area (Å²) in [4.78, 5) is 12.1. The Labute approximate surface area is 118 Å². The van der Waals surface area contributed by atoms with Crippen LogP contribution in [0.4, 0.5) is 5.82 Å². The highest BCUT2D eigenvalue weighted by atomic mass is 16.1. The monoisotopic (exact) mass is 272 g/mol. The van der Waals surface area contributed by atoms with Gasteiger partial charge in [-0.15, -0.1) is 0 Å². The first-order valence-corrected chi connectivity index (χ1v) is 6.53. The maximum atomic E-state index is 12.1. The second kappa shape index (κ2) is 5.36. The van der Waals surface area contributed by atoms with E-state index in [0.717, 1.165) is 0 Å². The first-order valence-electron chi connectivity index (χ1n) is 6.53. The number of nitrogen functional groups attached to an aromatic ring is 1. The molecular formula is C15H20N4O. The van der Waals surface area contributed by atoms with Crippen molar-refractivity contribution < 1.29 is 4.79 Å². The summed E-state index contributed by atoms with van der Waals surface area (Å²) in [6, 6.07) is 10.1. The Hall–Kier alpha value is -2.30. The lowest BCUT2D eigenvalue weighted by atomic mass is 9.84. The number of benzene rings is 1. The number of carbonyl (C=O) groups is 1. The number of aromatic nitrogens is 2. The van der Waals surface area contributed by atoms with E-state index in [1.807, 2.05) is 18.2 Å². The first-order chi connectivity index (χ1) is 9.42. The molecule has 5 heteroatoms. The van der Waals surface area contributed by atoms with E-state index in [0.29, 0.717) is 17.9 Å². The third-order valence-electron chi connectivity index (χ3n) is 3.48. The molecular weight excluding hydrogens is 252 g/mol. The standard InChI is InChI=1S/C15H20N4O/c1-15(2,11-7-5-4-6-8-11)10-17-14(20)12-9-18-19(3)13(12)16/h4-9H,10,16H2,1-3H3,(H,17,20). The number of aryl methyl sites for hydroxylation is 1. The average molecular weight is 272 g/mol. The summed E-state index contributed by atoms with van der Waals surface area (Å²) in [5, 5.41) is 6.89. The number of anilines is 1. The second-order valence-corrected chi connectivity index (χ2v) is 5.50. The maximum Gasteiger partial charge on any atom is 0.256 e. The summed E-state index contributed by atoms with van der Waals surface area (Å²) in [6.07, 6.45) is 1.49. The van der Waals surface area contributed by atoms with Gasteiger partial charge in [0.2, 0.25) is 0 Å². The predicted octanol–water partition coefficient (Wildman–Crippen LogP) is 1.71. The van der Waals surface area contributed by atoms with Gasteiger partial charge in [0.1, 0.15) is 11.4 Å². The van der Waals surface area contributed by atoms with Gasteiger partial charge < -0.3 is 11.1 Å². The molecule has 20 heavy (non-hydrogen) atoms. The molecule has 0 aliphatic rings. The Balaban J connectivity index is 2.05. The van der Waals surface area contributed by atoms with Crippen molar-refractivity contribution >= 4 is 11.7 Å². The third kappa shape index (κ3) is 2.82. The fraction of sp³-hybridized carbons (Fsp3) is 0.333. The third-order valence-corrected chi connectivity index (χ3v) is 3.48. The molecule has 0 saturated heterocycles. The van der Waals surface area contributed by atoms with E-state index in [1.54, 1.807) is 7.05 Å². The molecule has 0 bridgehead atoms. The average Bonchev–Trinajstić information content (AvgIpc) is 2.78. The Morgan fingerprint density at radius 2 is 2.00 bits per heavy atom. The fourth-order valence-electron chi connectivity index (χ4n) is 2.01. The molecule has 106 valence electrons. The lowest BCUT2D eigenvalue weighted by Gasteiger charge is -2.25. The number of nitrogens with one attached hydrogen (secondary N) is 1. The summed E-state index contributed by atoms with van der Waals surface area (Å²) in [5.41, 5.74) is 7.24. The highest BCUT2D eigenvalue weighted by Crippen LogP contribution is 2.22. The molecule has 3 N–H and O–H groups in total. The zero-order valence-corrected chi connectivity index (χ0v) is 12.1. The van der Waals surface area contributed by atoms with Crippen LogP contribution >= 0.6 is 0 Å². The van der Waals surface area contributed by atoms with Gasteiger partial charge >= 0.3 is 0 Å². The van der Waals surface area contributed by atoms with Crippen molar-refractivity contribution in [3.05, 3.63) is 47.7 Å². The summed E-state index contributed by atoms with van der Waals surface area (Å²) in [5.74, 6) is 0.180. The minimum atomic E-state index is -0.195. The number of carbonyl (C=O) groups excluding carboxylic acids is 1. The fourth-order valence-corrected chi connectivity index (χ4v) is 2.01. The molecule has 1 aromatic carbocycles. The second-order valence-electron chi connectivity index (χ2n) is 5.50. The van der Waals surface area contributed by atoms with Gasteiger partial charge in [0.25, 0.3) is 5.91 Å². The molecule has 1 heterocycles. The van der Waals surface area contributed by atoms with Crippen LogP contribution in [0, 0.1) is 0 Å². The van der Waals surface area contributed by atoms with E-state index >= 15 is 0 Å². The van der Waals surface area contributed by atoms with Crippen LogP contribution in [0.3, 0.4) is 0 Å². The normalized spacial score (nSPS) is 11.3. The first kappa shape index (κ1) is 14.1. The van der Waals surface area contributed by atoms with Gasteiger partial charge in [0, 0.05) is 19.0 Å². The number of amides is 1. The Bertz CT molecular complexity index is 602. The van der Waals surface area contributed by atoms with E-state index in [1.165, 1.54) is 16.4 Å². The van der Waals surface area contributed by atoms with E-state index < -0.39 is 0 Å². The van der Waals surface area contributed by atoms with Gasteiger partial charge in [-0.2, -0.15) is 5.10 Å². The molecule has 0 unspecified atom stereocenters. The van der Waals surface area contributed by atoms with Crippen molar-refractivity contribution in [2.45, 2.75) is 19.3 Å². The highest BCUT2D eigenvalue weighted by Gasteiger charge is 2.22. The van der Waals surface area contributed by atoms with Gasteiger partial charge in [0.05, 0.1) is 6.20 Å². The van der Waals surface area contributed by atoms with Gasteiger partial charge in [-0.3, -0.25) is 9.48 Å². The van der Waals surface area contributed by atoms with Crippen LogP contribution < -0.4 is 11.1 Å². The lowest BCUT2D eigenvalue weighted by molar-refractivity contribution is 0.0946. The molecule has 2 rings (SSSR count). The zero-order valence-electron chi connectivity index (χ0n) is 12.1. The molecule has 0 spiro atoms. The highest BCUT2D eigenvalue weighted by molar-refractivity contribution is 5.98. The summed E-state index contributed by atoms with van der Waals surface area (Å²) < 4.78 is 1.48. The van der Waals surface area contributed by atoms with E-state index in [4.69, 9.17) is 5.73 Å². The number of nitrogens with two attached hydrogens (primary N) is 1. The minimum Gasteiger partial charge on any atom is -0.383 e. The molecule has 0 aliphatic heterocycles. The number of hydrogen-bond donors (Lipinski definition) is 2.